The Morgan fingerprint density at radius 3 is 3.06 bits per heavy atom. The lowest BCUT2D eigenvalue weighted by Crippen LogP contribution is -2.42. The number of nitrogens with zero attached hydrogens (tertiary/aromatic N) is 3. The highest BCUT2D eigenvalue weighted by Gasteiger charge is 2.30. The van der Waals surface area contributed by atoms with E-state index in [1.807, 2.05) is 0 Å². The van der Waals surface area contributed by atoms with E-state index in [0.29, 0.717) is 18.1 Å². The van der Waals surface area contributed by atoms with Gasteiger partial charge in [0.15, 0.2) is 5.65 Å². The van der Waals surface area contributed by atoms with Crippen molar-refractivity contribution >= 4 is 5.65 Å². The number of ether oxygens (including phenoxy) is 1. The van der Waals surface area contributed by atoms with Crippen LogP contribution in [0.5, 0.6) is 5.88 Å². The second-order valence-corrected chi connectivity index (χ2v) is 4.84. The lowest BCUT2D eigenvalue weighted by Gasteiger charge is -2.22. The van der Waals surface area contributed by atoms with E-state index in [1.165, 1.54) is 10.7 Å². The summed E-state index contributed by atoms with van der Waals surface area (Å²) >= 11 is 0. The van der Waals surface area contributed by atoms with Gasteiger partial charge in [-0.25, -0.2) is 19.3 Å². The Hall–Kier alpha value is -1.89. The van der Waals surface area contributed by atoms with Crippen LogP contribution in [0.1, 0.15) is 25.7 Å². The topological polar surface area (TPSA) is 98.3 Å². The normalized spacial score (nSPS) is 18.3. The van der Waals surface area contributed by atoms with Crippen LogP contribution in [-0.2, 0) is 0 Å². The molecule has 1 fully saturated rings. The summed E-state index contributed by atoms with van der Waals surface area (Å²) in [4.78, 5) is 15.3. The average molecular weight is 249 g/mol. The molecule has 7 nitrogen and oxygen atoms in total. The van der Waals surface area contributed by atoms with Gasteiger partial charge < -0.3 is 10.5 Å². The molecule has 0 aromatic carbocycles. The zero-order valence-electron chi connectivity index (χ0n) is 9.93. The fraction of sp³-hybridized carbons (Fsp3) is 0.545. The van der Waals surface area contributed by atoms with Crippen LogP contribution in [0.4, 0.5) is 0 Å². The van der Waals surface area contributed by atoms with Gasteiger partial charge in [0.2, 0.25) is 5.88 Å². The molecule has 3 rings (SSSR count). The van der Waals surface area contributed by atoms with E-state index in [-0.39, 0.29) is 11.2 Å². The Bertz CT molecular complexity index is 611. The molecule has 0 amide bonds. The van der Waals surface area contributed by atoms with Crippen molar-refractivity contribution in [3.05, 3.63) is 22.9 Å². The van der Waals surface area contributed by atoms with Crippen LogP contribution >= 0.6 is 0 Å². The Morgan fingerprint density at radius 2 is 2.28 bits per heavy atom. The van der Waals surface area contributed by atoms with Crippen molar-refractivity contribution in [3.8, 4) is 5.88 Å². The average Bonchev–Trinajstić information content (AvgIpc) is 2.95. The first-order valence-electron chi connectivity index (χ1n) is 6.01. The molecule has 0 bridgehead atoms. The largest absolute Gasteiger partial charge is 0.476 e. The fourth-order valence-electron chi connectivity index (χ4n) is 2.31. The van der Waals surface area contributed by atoms with Crippen molar-refractivity contribution in [2.75, 3.05) is 6.61 Å². The predicted molar refractivity (Wildman–Crippen MR) is 64.5 cm³/mol. The van der Waals surface area contributed by atoms with Crippen LogP contribution < -0.4 is 16.2 Å². The molecule has 1 aliphatic rings. The third kappa shape index (κ3) is 1.97. The molecule has 96 valence electrons. The molecule has 0 unspecified atom stereocenters. The van der Waals surface area contributed by atoms with Crippen molar-refractivity contribution in [3.63, 3.8) is 0 Å². The molecule has 0 radical (unpaired) electrons. The maximum absolute atomic E-state index is 11.3. The van der Waals surface area contributed by atoms with Crippen LogP contribution in [0.15, 0.2) is 17.2 Å². The van der Waals surface area contributed by atoms with Gasteiger partial charge in [-0.2, -0.15) is 5.10 Å². The van der Waals surface area contributed by atoms with Gasteiger partial charge in [-0.05, 0) is 12.8 Å². The van der Waals surface area contributed by atoms with Gasteiger partial charge >= 0.3 is 5.69 Å². The van der Waals surface area contributed by atoms with E-state index in [0.717, 1.165) is 25.7 Å². The fourth-order valence-corrected chi connectivity index (χ4v) is 2.31. The number of nitrogens with one attached hydrogen (secondary N) is 1. The highest BCUT2D eigenvalue weighted by Crippen LogP contribution is 2.27. The van der Waals surface area contributed by atoms with Crippen molar-refractivity contribution < 1.29 is 4.74 Å². The summed E-state index contributed by atoms with van der Waals surface area (Å²) in [5.41, 5.74) is 6.14. The zero-order chi connectivity index (χ0) is 12.6. The SMILES string of the molecule is NC1(COc2cc3n[nH]c(=O)n3cn2)CCCC1. The first-order valence-corrected chi connectivity index (χ1v) is 6.01. The third-order valence-corrected chi connectivity index (χ3v) is 3.39. The number of hydrogen-bond acceptors (Lipinski definition) is 5. The number of aromatic amines is 1. The molecule has 1 saturated carbocycles. The lowest BCUT2D eigenvalue weighted by atomic mass is 10.0. The first kappa shape index (κ1) is 11.2. The number of aromatic nitrogens is 4. The Morgan fingerprint density at radius 1 is 1.50 bits per heavy atom. The number of fused-ring (bicyclic) bond motifs is 1. The van der Waals surface area contributed by atoms with Gasteiger partial charge in [-0.3, -0.25) is 0 Å². The van der Waals surface area contributed by atoms with Crippen molar-refractivity contribution in [2.45, 2.75) is 31.2 Å². The van der Waals surface area contributed by atoms with Gasteiger partial charge in [-0.15, -0.1) is 0 Å². The first-order chi connectivity index (χ1) is 8.66. The smallest absolute Gasteiger partial charge is 0.348 e. The molecule has 2 aromatic heterocycles. The van der Waals surface area contributed by atoms with Gasteiger partial charge in [0, 0.05) is 6.07 Å². The van der Waals surface area contributed by atoms with Crippen molar-refractivity contribution in [1.82, 2.24) is 19.6 Å². The van der Waals surface area contributed by atoms with Crippen molar-refractivity contribution in [2.24, 2.45) is 5.73 Å². The van der Waals surface area contributed by atoms with Gasteiger partial charge in [0.25, 0.3) is 0 Å². The quantitative estimate of drug-likeness (QED) is 0.802. The van der Waals surface area contributed by atoms with Crippen LogP contribution in [0.25, 0.3) is 5.65 Å². The Balaban J connectivity index is 1.76. The number of hydrogen-bond donors (Lipinski definition) is 2. The molecule has 7 heteroatoms. The predicted octanol–water partition coefficient (Wildman–Crippen LogP) is 0.0679. The maximum Gasteiger partial charge on any atom is 0.348 e. The molecular formula is C11H15N5O2. The number of H-pyrrole nitrogens is 1. The van der Waals surface area contributed by atoms with E-state index < -0.39 is 0 Å². The van der Waals surface area contributed by atoms with Crippen LogP contribution in [0.3, 0.4) is 0 Å². The highest BCUT2D eigenvalue weighted by atomic mass is 16.5. The van der Waals surface area contributed by atoms with E-state index in [9.17, 15) is 4.79 Å². The molecule has 0 aliphatic heterocycles. The van der Waals surface area contributed by atoms with Gasteiger partial charge in [0.05, 0.1) is 5.54 Å². The minimum absolute atomic E-state index is 0.237. The molecule has 1 aliphatic carbocycles. The van der Waals surface area contributed by atoms with Crippen LogP contribution in [0.2, 0.25) is 0 Å². The number of rotatable bonds is 3. The van der Waals surface area contributed by atoms with E-state index in [2.05, 4.69) is 15.2 Å². The molecule has 0 atom stereocenters. The second kappa shape index (κ2) is 4.09. The maximum atomic E-state index is 11.3. The monoisotopic (exact) mass is 249 g/mol. The van der Waals surface area contributed by atoms with Crippen molar-refractivity contribution in [1.29, 1.82) is 0 Å². The summed E-state index contributed by atoms with van der Waals surface area (Å²) in [5, 5.41) is 6.20. The third-order valence-electron chi connectivity index (χ3n) is 3.39. The van der Waals surface area contributed by atoms with Crippen LogP contribution in [0, 0.1) is 0 Å². The molecule has 0 saturated heterocycles. The summed E-state index contributed by atoms with van der Waals surface area (Å²) in [7, 11) is 0. The summed E-state index contributed by atoms with van der Waals surface area (Å²) in [6, 6.07) is 1.62. The van der Waals surface area contributed by atoms with E-state index >= 15 is 0 Å². The van der Waals surface area contributed by atoms with Gasteiger partial charge in [-0.1, -0.05) is 12.8 Å². The second-order valence-electron chi connectivity index (χ2n) is 4.84. The summed E-state index contributed by atoms with van der Waals surface area (Å²) in [6.07, 6.45) is 5.67. The molecular weight excluding hydrogens is 234 g/mol. The number of nitrogens with two attached hydrogens (primary N) is 1. The minimum atomic E-state index is -0.310. The standard InChI is InChI=1S/C11H15N5O2/c12-11(3-1-2-4-11)6-18-9-5-8-14-15-10(17)16(8)7-13-9/h5,7H,1-4,6,12H2,(H,15,17). The van der Waals surface area contributed by atoms with Gasteiger partial charge in [0.1, 0.15) is 12.9 Å². The van der Waals surface area contributed by atoms with Crippen LogP contribution in [-0.4, -0.2) is 31.7 Å². The summed E-state index contributed by atoms with van der Waals surface area (Å²) < 4.78 is 6.92. The molecule has 2 aromatic rings. The lowest BCUT2D eigenvalue weighted by molar-refractivity contribution is 0.213. The highest BCUT2D eigenvalue weighted by molar-refractivity contribution is 5.39. The molecule has 3 N–H and O–H groups in total. The van der Waals surface area contributed by atoms with E-state index in [4.69, 9.17) is 10.5 Å². The summed E-state index contributed by atoms with van der Waals surface area (Å²) in [5.74, 6) is 0.443. The Kier molecular flexibility index (Phi) is 2.55. The molecule has 0 spiro atoms. The summed E-state index contributed by atoms with van der Waals surface area (Å²) in [6.45, 7) is 0.449. The Labute approximate surface area is 103 Å². The molecule has 2 heterocycles. The minimum Gasteiger partial charge on any atom is -0.476 e. The van der Waals surface area contributed by atoms with E-state index in [1.54, 1.807) is 6.07 Å². The zero-order valence-corrected chi connectivity index (χ0v) is 9.93. The molecule has 18 heavy (non-hydrogen) atoms.